The Morgan fingerprint density at radius 3 is 1.98 bits per heavy atom. The fraction of sp³-hybridized carbons (Fsp3) is 0.400. The highest BCUT2D eigenvalue weighted by Crippen LogP contribution is 2.39. The Hall–Kier alpha value is -4.33. The molecular weight excluding hydrogens is 538 g/mol. The SMILES string of the molecule is CC(C)(C)NC(=O)CN1C(=O)C(NC(=O)Nc2cccc(NC(C)(C)C)c2)CC(c2ccccc2)CC1c1ccccc1. The number of likely N-dealkylation sites (tertiary alicyclic amines) is 1. The lowest BCUT2D eigenvalue weighted by atomic mass is 9.86. The molecule has 1 aliphatic heterocycles. The molecule has 43 heavy (non-hydrogen) atoms. The molecule has 1 heterocycles. The number of nitrogens with one attached hydrogen (secondary N) is 4. The molecule has 4 amide bonds. The molecule has 1 fully saturated rings. The van der Waals surface area contributed by atoms with Crippen molar-refractivity contribution >= 4 is 29.2 Å². The predicted molar refractivity (Wildman–Crippen MR) is 173 cm³/mol. The van der Waals surface area contributed by atoms with Crippen molar-refractivity contribution in [3.63, 3.8) is 0 Å². The van der Waals surface area contributed by atoms with Gasteiger partial charge in [0.25, 0.3) is 0 Å². The largest absolute Gasteiger partial charge is 0.380 e. The van der Waals surface area contributed by atoms with E-state index in [0.29, 0.717) is 18.5 Å². The Bertz CT molecular complexity index is 1400. The van der Waals surface area contributed by atoms with E-state index in [4.69, 9.17) is 0 Å². The van der Waals surface area contributed by atoms with Crippen LogP contribution < -0.4 is 21.3 Å². The van der Waals surface area contributed by atoms with E-state index in [1.807, 2.05) is 93.6 Å². The molecule has 0 aromatic heterocycles. The fourth-order valence-corrected chi connectivity index (χ4v) is 5.58. The maximum atomic E-state index is 14.3. The molecule has 0 aliphatic carbocycles. The first-order valence-electron chi connectivity index (χ1n) is 14.9. The molecular formula is C35H45N5O3. The van der Waals surface area contributed by atoms with Crippen molar-refractivity contribution in [3.8, 4) is 0 Å². The van der Waals surface area contributed by atoms with Crippen molar-refractivity contribution in [2.75, 3.05) is 17.2 Å². The zero-order valence-corrected chi connectivity index (χ0v) is 26.1. The second-order valence-corrected chi connectivity index (χ2v) is 13.4. The number of benzene rings is 3. The van der Waals surface area contributed by atoms with Gasteiger partial charge in [0.05, 0.1) is 6.04 Å². The van der Waals surface area contributed by atoms with E-state index in [9.17, 15) is 14.4 Å². The summed E-state index contributed by atoms with van der Waals surface area (Å²) in [6.07, 6.45) is 1.02. The van der Waals surface area contributed by atoms with E-state index < -0.39 is 17.6 Å². The van der Waals surface area contributed by atoms with E-state index in [-0.39, 0.29) is 35.9 Å². The van der Waals surface area contributed by atoms with Crippen molar-refractivity contribution in [2.45, 2.75) is 83.5 Å². The van der Waals surface area contributed by atoms with Crippen LogP contribution in [-0.2, 0) is 9.59 Å². The van der Waals surface area contributed by atoms with Gasteiger partial charge in [-0.2, -0.15) is 0 Å². The Labute approximate surface area is 255 Å². The van der Waals surface area contributed by atoms with E-state index in [1.54, 1.807) is 4.90 Å². The summed E-state index contributed by atoms with van der Waals surface area (Å²) in [5.74, 6) is -0.559. The lowest BCUT2D eigenvalue weighted by molar-refractivity contribution is -0.139. The van der Waals surface area contributed by atoms with E-state index in [2.05, 4.69) is 54.2 Å². The van der Waals surface area contributed by atoms with Gasteiger partial charge >= 0.3 is 6.03 Å². The number of amides is 4. The summed E-state index contributed by atoms with van der Waals surface area (Å²) in [4.78, 5) is 42.5. The van der Waals surface area contributed by atoms with Crippen LogP contribution in [0.1, 0.15) is 77.5 Å². The quantitative estimate of drug-likeness (QED) is 0.257. The molecule has 8 nitrogen and oxygen atoms in total. The van der Waals surface area contributed by atoms with E-state index in [0.717, 1.165) is 16.8 Å². The Balaban J connectivity index is 1.64. The third-order valence-electron chi connectivity index (χ3n) is 7.21. The van der Waals surface area contributed by atoms with Gasteiger partial charge < -0.3 is 26.2 Å². The zero-order valence-electron chi connectivity index (χ0n) is 26.1. The fourth-order valence-electron chi connectivity index (χ4n) is 5.58. The van der Waals surface area contributed by atoms with E-state index >= 15 is 0 Å². The first-order chi connectivity index (χ1) is 20.3. The first kappa shape index (κ1) is 31.6. The lowest BCUT2D eigenvalue weighted by Gasteiger charge is -2.33. The van der Waals surface area contributed by atoms with Gasteiger partial charge in [-0.3, -0.25) is 9.59 Å². The first-order valence-corrected chi connectivity index (χ1v) is 14.9. The van der Waals surface area contributed by atoms with Crippen LogP contribution >= 0.6 is 0 Å². The van der Waals surface area contributed by atoms with Gasteiger partial charge in [-0.15, -0.1) is 0 Å². The maximum absolute atomic E-state index is 14.3. The van der Waals surface area contributed by atoms with Gasteiger partial charge in [0.1, 0.15) is 12.6 Å². The summed E-state index contributed by atoms with van der Waals surface area (Å²) in [7, 11) is 0. The van der Waals surface area contributed by atoms with Crippen molar-refractivity contribution in [1.29, 1.82) is 0 Å². The van der Waals surface area contributed by atoms with Crippen LogP contribution in [0, 0.1) is 0 Å². The van der Waals surface area contributed by atoms with Gasteiger partial charge in [-0.05, 0) is 89.6 Å². The van der Waals surface area contributed by atoms with Crippen molar-refractivity contribution < 1.29 is 14.4 Å². The zero-order chi connectivity index (χ0) is 31.2. The molecule has 4 rings (SSSR count). The molecule has 1 aliphatic rings. The van der Waals surface area contributed by atoms with Crippen LogP contribution in [0.2, 0.25) is 0 Å². The van der Waals surface area contributed by atoms with Gasteiger partial charge in [-0.25, -0.2) is 4.79 Å². The van der Waals surface area contributed by atoms with E-state index in [1.165, 1.54) is 0 Å². The average molecular weight is 584 g/mol. The molecule has 8 heteroatoms. The highest BCUT2D eigenvalue weighted by molar-refractivity contribution is 5.95. The second-order valence-electron chi connectivity index (χ2n) is 13.4. The molecule has 0 radical (unpaired) electrons. The molecule has 3 aromatic rings. The summed E-state index contributed by atoms with van der Waals surface area (Å²) in [5, 5.41) is 12.3. The monoisotopic (exact) mass is 583 g/mol. The predicted octanol–water partition coefficient (Wildman–Crippen LogP) is 6.45. The van der Waals surface area contributed by atoms with Crippen LogP contribution in [0.15, 0.2) is 84.9 Å². The minimum atomic E-state index is -0.836. The van der Waals surface area contributed by atoms with Gasteiger partial charge in [-0.1, -0.05) is 66.7 Å². The van der Waals surface area contributed by atoms with Crippen molar-refractivity contribution in [2.24, 2.45) is 0 Å². The van der Waals surface area contributed by atoms with Crippen molar-refractivity contribution in [3.05, 3.63) is 96.1 Å². The molecule has 0 spiro atoms. The third-order valence-corrected chi connectivity index (χ3v) is 7.21. The Morgan fingerprint density at radius 2 is 1.37 bits per heavy atom. The minimum Gasteiger partial charge on any atom is -0.380 e. The van der Waals surface area contributed by atoms with Gasteiger partial charge in [0.15, 0.2) is 0 Å². The highest BCUT2D eigenvalue weighted by Gasteiger charge is 2.40. The van der Waals surface area contributed by atoms with Crippen LogP contribution in [0.4, 0.5) is 16.2 Å². The number of hydrogen-bond donors (Lipinski definition) is 4. The molecule has 1 saturated heterocycles. The maximum Gasteiger partial charge on any atom is 0.319 e. The van der Waals surface area contributed by atoms with Crippen LogP contribution in [0.5, 0.6) is 0 Å². The molecule has 3 aromatic carbocycles. The molecule has 228 valence electrons. The number of hydrogen-bond acceptors (Lipinski definition) is 4. The topological polar surface area (TPSA) is 103 Å². The summed E-state index contributed by atoms with van der Waals surface area (Å²) in [6, 6.07) is 25.7. The molecule has 0 saturated carbocycles. The second kappa shape index (κ2) is 13.3. The van der Waals surface area contributed by atoms with Gasteiger partial charge in [0.2, 0.25) is 11.8 Å². The summed E-state index contributed by atoms with van der Waals surface area (Å²) < 4.78 is 0. The Kier molecular flexibility index (Phi) is 9.79. The number of anilines is 2. The number of carbonyl (C=O) groups excluding carboxylic acids is 3. The van der Waals surface area contributed by atoms with Crippen LogP contribution in [-0.4, -0.2) is 46.4 Å². The summed E-state index contributed by atoms with van der Waals surface area (Å²) in [5.41, 5.74) is 2.93. The molecule has 3 atom stereocenters. The normalized spacial score (nSPS) is 19.3. The summed E-state index contributed by atoms with van der Waals surface area (Å²) >= 11 is 0. The standard InChI is InChI=1S/C35H45N5O3/c1-34(2,3)38-28-19-13-18-27(22-28)36-33(43)37-29-20-26(24-14-9-7-10-15-24)21-30(25-16-11-8-12-17-25)40(32(29)42)23-31(41)39-35(4,5)6/h7-19,22,26,29-30,38H,20-21,23H2,1-6H3,(H,39,41)(H2,36,37,43). The third kappa shape index (κ3) is 9.33. The number of urea groups is 1. The average Bonchev–Trinajstić information content (AvgIpc) is 3.05. The number of nitrogens with zero attached hydrogens (tertiary/aromatic N) is 1. The van der Waals surface area contributed by atoms with Crippen LogP contribution in [0.25, 0.3) is 0 Å². The smallest absolute Gasteiger partial charge is 0.319 e. The molecule has 3 unspecified atom stereocenters. The number of rotatable bonds is 7. The molecule has 0 bridgehead atoms. The van der Waals surface area contributed by atoms with Crippen molar-refractivity contribution in [1.82, 2.24) is 15.5 Å². The highest BCUT2D eigenvalue weighted by atomic mass is 16.2. The van der Waals surface area contributed by atoms with Crippen LogP contribution in [0.3, 0.4) is 0 Å². The minimum absolute atomic E-state index is 0.0318. The summed E-state index contributed by atoms with van der Waals surface area (Å²) in [6.45, 7) is 11.8. The molecule has 4 N–H and O–H groups in total. The number of carbonyl (C=O) groups is 3. The van der Waals surface area contributed by atoms with Gasteiger partial charge in [0, 0.05) is 22.5 Å². The Morgan fingerprint density at radius 1 is 0.767 bits per heavy atom. The lowest BCUT2D eigenvalue weighted by Crippen LogP contribution is -2.53.